The van der Waals surface area contributed by atoms with Crippen LogP contribution in [0, 0.1) is 0 Å². The Hall–Kier alpha value is -0.230. The van der Waals surface area contributed by atoms with Crippen LogP contribution in [0.15, 0.2) is 12.1 Å². The molecule has 2 N–H and O–H groups in total. The van der Waals surface area contributed by atoms with E-state index in [0.717, 1.165) is 21.4 Å². The van der Waals surface area contributed by atoms with Gasteiger partial charge >= 0.3 is 0 Å². The number of carbonyl (C=O) groups is 1. The smallest absolute Gasteiger partial charge is 0.239 e. The van der Waals surface area contributed by atoms with Crippen molar-refractivity contribution in [3.05, 3.63) is 21.3 Å². The van der Waals surface area contributed by atoms with E-state index >= 15 is 0 Å². The maximum Gasteiger partial charge on any atom is 0.239 e. The van der Waals surface area contributed by atoms with Gasteiger partial charge in [0, 0.05) is 11.4 Å². The van der Waals surface area contributed by atoms with Crippen LogP contribution in [0.1, 0.15) is 18.2 Å². The molecule has 0 aliphatic carbocycles. The number of amides is 1. The first-order valence-electron chi connectivity index (χ1n) is 5.86. The molecule has 18 heavy (non-hydrogen) atoms. The standard InChI is InChI=1S/C12H19ClN2OS2/c1-3-15(8-9-4-5-11(13)18-9)12(16)10(14)6-7-17-2/h4-5,10H,3,6-8,14H2,1-2H3/t10-/m0/s1. The van der Waals surface area contributed by atoms with Crippen LogP contribution in [0.2, 0.25) is 4.34 Å². The molecule has 0 radical (unpaired) electrons. The van der Waals surface area contributed by atoms with Gasteiger partial charge in [0.25, 0.3) is 0 Å². The molecule has 0 aliphatic rings. The Morgan fingerprint density at radius 3 is 2.83 bits per heavy atom. The second-order valence-electron chi connectivity index (χ2n) is 3.95. The molecule has 0 bridgehead atoms. The lowest BCUT2D eigenvalue weighted by Gasteiger charge is -2.23. The minimum atomic E-state index is -0.396. The van der Waals surface area contributed by atoms with E-state index in [1.54, 1.807) is 16.7 Å². The first kappa shape index (κ1) is 15.8. The molecular formula is C12H19ClN2OS2. The van der Waals surface area contributed by atoms with Crippen molar-refractivity contribution in [2.75, 3.05) is 18.6 Å². The third-order valence-corrected chi connectivity index (χ3v) is 4.48. The lowest BCUT2D eigenvalue weighted by Crippen LogP contribution is -2.43. The molecule has 1 amide bonds. The van der Waals surface area contributed by atoms with Gasteiger partial charge in [-0.2, -0.15) is 11.8 Å². The van der Waals surface area contributed by atoms with E-state index in [4.69, 9.17) is 17.3 Å². The third kappa shape index (κ3) is 4.80. The van der Waals surface area contributed by atoms with E-state index in [-0.39, 0.29) is 5.91 Å². The topological polar surface area (TPSA) is 46.3 Å². The van der Waals surface area contributed by atoms with Gasteiger partial charge in [0.05, 0.1) is 16.9 Å². The Morgan fingerprint density at radius 1 is 1.61 bits per heavy atom. The third-order valence-electron chi connectivity index (χ3n) is 2.62. The maximum absolute atomic E-state index is 12.2. The van der Waals surface area contributed by atoms with Crippen LogP contribution in [0.4, 0.5) is 0 Å². The summed E-state index contributed by atoms with van der Waals surface area (Å²) in [5.41, 5.74) is 5.91. The molecule has 1 aromatic rings. The monoisotopic (exact) mass is 306 g/mol. The number of nitrogens with zero attached hydrogens (tertiary/aromatic N) is 1. The first-order valence-corrected chi connectivity index (χ1v) is 8.44. The highest BCUT2D eigenvalue weighted by atomic mass is 35.5. The molecule has 0 spiro atoms. The quantitative estimate of drug-likeness (QED) is 0.842. The van der Waals surface area contributed by atoms with Crippen LogP contribution in [0.3, 0.4) is 0 Å². The van der Waals surface area contributed by atoms with E-state index in [9.17, 15) is 4.79 Å². The van der Waals surface area contributed by atoms with Crippen molar-refractivity contribution in [1.29, 1.82) is 0 Å². The molecule has 0 fully saturated rings. The number of halogens is 1. The van der Waals surface area contributed by atoms with E-state index in [1.165, 1.54) is 11.3 Å². The van der Waals surface area contributed by atoms with Crippen molar-refractivity contribution in [3.8, 4) is 0 Å². The van der Waals surface area contributed by atoms with Crippen molar-refractivity contribution < 1.29 is 4.79 Å². The van der Waals surface area contributed by atoms with Gasteiger partial charge in [-0.1, -0.05) is 11.6 Å². The molecule has 0 saturated heterocycles. The van der Waals surface area contributed by atoms with Crippen LogP contribution in [-0.4, -0.2) is 35.4 Å². The molecule has 0 unspecified atom stereocenters. The molecule has 0 aliphatic heterocycles. The molecule has 1 aromatic heterocycles. The summed E-state index contributed by atoms with van der Waals surface area (Å²) in [6.45, 7) is 3.23. The number of thiophene rings is 1. The van der Waals surface area contributed by atoms with Gasteiger partial charge in [-0.3, -0.25) is 4.79 Å². The highest BCUT2D eigenvalue weighted by molar-refractivity contribution is 7.98. The van der Waals surface area contributed by atoms with Crippen molar-refractivity contribution >= 4 is 40.6 Å². The van der Waals surface area contributed by atoms with Crippen molar-refractivity contribution in [2.45, 2.75) is 25.9 Å². The normalized spacial score (nSPS) is 12.4. The van der Waals surface area contributed by atoms with Crippen LogP contribution in [0.5, 0.6) is 0 Å². The molecular weight excluding hydrogens is 288 g/mol. The van der Waals surface area contributed by atoms with Crippen molar-refractivity contribution in [1.82, 2.24) is 4.90 Å². The fourth-order valence-corrected chi connectivity index (χ4v) is 3.17. The zero-order valence-corrected chi connectivity index (χ0v) is 13.1. The van der Waals surface area contributed by atoms with Gasteiger partial charge in [-0.25, -0.2) is 0 Å². The molecule has 0 aromatic carbocycles. The van der Waals surface area contributed by atoms with Gasteiger partial charge in [0.15, 0.2) is 0 Å². The number of thioether (sulfide) groups is 1. The van der Waals surface area contributed by atoms with Crippen molar-refractivity contribution in [2.24, 2.45) is 5.73 Å². The van der Waals surface area contributed by atoms with E-state index < -0.39 is 6.04 Å². The predicted octanol–water partition coefficient (Wildman–Crippen LogP) is 2.83. The minimum absolute atomic E-state index is 0.0241. The van der Waals surface area contributed by atoms with Crippen LogP contribution in [0.25, 0.3) is 0 Å². The predicted molar refractivity (Wildman–Crippen MR) is 81.4 cm³/mol. The number of likely N-dealkylation sites (N-methyl/N-ethyl adjacent to an activating group) is 1. The van der Waals surface area contributed by atoms with Gasteiger partial charge in [0.2, 0.25) is 5.91 Å². The van der Waals surface area contributed by atoms with E-state index in [1.807, 2.05) is 25.3 Å². The summed E-state index contributed by atoms with van der Waals surface area (Å²) < 4.78 is 0.750. The van der Waals surface area contributed by atoms with E-state index in [0.29, 0.717) is 13.1 Å². The Morgan fingerprint density at radius 2 is 2.33 bits per heavy atom. The van der Waals surface area contributed by atoms with Crippen molar-refractivity contribution in [3.63, 3.8) is 0 Å². The molecule has 1 atom stereocenters. The van der Waals surface area contributed by atoms with Gasteiger partial charge < -0.3 is 10.6 Å². The summed E-state index contributed by atoms with van der Waals surface area (Å²) in [7, 11) is 0. The summed E-state index contributed by atoms with van der Waals surface area (Å²) >= 11 is 9.10. The second-order valence-corrected chi connectivity index (χ2v) is 6.73. The largest absolute Gasteiger partial charge is 0.336 e. The zero-order valence-electron chi connectivity index (χ0n) is 10.7. The Bertz CT molecular complexity index is 384. The van der Waals surface area contributed by atoms with Gasteiger partial charge in [-0.05, 0) is 37.5 Å². The van der Waals surface area contributed by atoms with E-state index in [2.05, 4.69) is 0 Å². The summed E-state index contributed by atoms with van der Waals surface area (Å²) in [6, 6.07) is 3.41. The summed E-state index contributed by atoms with van der Waals surface area (Å²) in [6.07, 6.45) is 2.74. The fraction of sp³-hybridized carbons (Fsp3) is 0.583. The SMILES string of the molecule is CCN(Cc1ccc(Cl)s1)C(=O)[C@@H](N)CCSC. The summed E-state index contributed by atoms with van der Waals surface area (Å²) in [5.74, 6) is 0.936. The van der Waals surface area contributed by atoms with Crippen LogP contribution < -0.4 is 5.73 Å². The lowest BCUT2D eigenvalue weighted by molar-refractivity contribution is -0.133. The lowest BCUT2D eigenvalue weighted by atomic mass is 10.2. The molecule has 102 valence electrons. The highest BCUT2D eigenvalue weighted by Crippen LogP contribution is 2.22. The molecule has 0 saturated carbocycles. The Kier molecular flexibility index (Phi) is 7.07. The maximum atomic E-state index is 12.2. The number of carbonyl (C=O) groups excluding carboxylic acids is 1. The molecule has 6 heteroatoms. The highest BCUT2D eigenvalue weighted by Gasteiger charge is 2.20. The average molecular weight is 307 g/mol. The second kappa shape index (κ2) is 8.04. The average Bonchev–Trinajstić information content (AvgIpc) is 2.77. The minimum Gasteiger partial charge on any atom is -0.336 e. The van der Waals surface area contributed by atoms with Crippen LogP contribution >= 0.6 is 34.7 Å². The number of hydrogen-bond acceptors (Lipinski definition) is 4. The molecule has 3 nitrogen and oxygen atoms in total. The Balaban J connectivity index is 2.57. The Labute approximate surface area is 122 Å². The zero-order chi connectivity index (χ0) is 13.5. The van der Waals surface area contributed by atoms with Gasteiger partial charge in [0.1, 0.15) is 0 Å². The fourth-order valence-electron chi connectivity index (χ4n) is 1.57. The molecule has 1 heterocycles. The van der Waals surface area contributed by atoms with Gasteiger partial charge in [-0.15, -0.1) is 11.3 Å². The molecule has 1 rings (SSSR count). The first-order chi connectivity index (χ1) is 8.58. The van der Waals surface area contributed by atoms with Crippen LogP contribution in [-0.2, 0) is 11.3 Å². The number of rotatable bonds is 7. The summed E-state index contributed by atoms with van der Waals surface area (Å²) in [4.78, 5) is 15.0. The number of nitrogens with two attached hydrogens (primary N) is 1. The summed E-state index contributed by atoms with van der Waals surface area (Å²) in [5, 5.41) is 0. The number of hydrogen-bond donors (Lipinski definition) is 1.